The minimum atomic E-state index is -0.818. The van der Waals surface area contributed by atoms with Crippen LogP contribution in [0.15, 0.2) is 10.6 Å². The number of aliphatic hydroxyl groups is 1. The second kappa shape index (κ2) is 7.37. The van der Waals surface area contributed by atoms with Gasteiger partial charge in [-0.05, 0) is 90.4 Å². The first-order valence-electron chi connectivity index (χ1n) is 11.4. The van der Waals surface area contributed by atoms with Crippen molar-refractivity contribution in [1.82, 2.24) is 0 Å². The van der Waals surface area contributed by atoms with Gasteiger partial charge in [0.05, 0.1) is 5.03 Å². The first kappa shape index (κ1) is 21.4. The number of aliphatic hydroxyl groups excluding tert-OH is 1. The van der Waals surface area contributed by atoms with Gasteiger partial charge in [-0.2, -0.15) is 0 Å². The van der Waals surface area contributed by atoms with Crippen LogP contribution >= 0.6 is 11.6 Å². The van der Waals surface area contributed by atoms with E-state index in [1.54, 1.807) is 0 Å². The van der Waals surface area contributed by atoms with Crippen molar-refractivity contribution in [1.29, 1.82) is 0 Å². The lowest BCUT2D eigenvalue weighted by molar-refractivity contribution is -0.142. The number of Topliss-reactive ketones (excluding diaryl/α,β-unsaturated/α-hetero) is 1. The van der Waals surface area contributed by atoms with Crippen LogP contribution in [0, 0.1) is 46.3 Å². The minimum Gasteiger partial charge on any atom is -0.481 e. The Labute approximate surface area is 179 Å². The van der Waals surface area contributed by atoms with Crippen LogP contribution in [0.25, 0.3) is 0 Å². The van der Waals surface area contributed by atoms with Gasteiger partial charge in [-0.25, -0.2) is 0 Å². The van der Waals surface area contributed by atoms with Crippen LogP contribution in [0.5, 0.6) is 0 Å². The van der Waals surface area contributed by atoms with Gasteiger partial charge >= 0.3 is 5.97 Å². The Hall–Kier alpha value is -0.870. The summed E-state index contributed by atoms with van der Waals surface area (Å²) in [5.74, 6) is 1.44. The van der Waals surface area contributed by atoms with Crippen molar-refractivity contribution >= 4 is 23.4 Å². The Morgan fingerprint density at radius 2 is 1.93 bits per heavy atom. The van der Waals surface area contributed by atoms with Gasteiger partial charge in [0.25, 0.3) is 0 Å². The molecule has 4 rings (SSSR count). The van der Waals surface area contributed by atoms with E-state index >= 15 is 0 Å². The van der Waals surface area contributed by atoms with Crippen LogP contribution < -0.4 is 0 Å². The third kappa shape index (κ3) is 3.04. The highest BCUT2D eigenvalue weighted by Crippen LogP contribution is 2.69. The van der Waals surface area contributed by atoms with E-state index in [1.807, 2.05) is 0 Å². The number of rotatable bonds is 4. The van der Waals surface area contributed by atoms with Gasteiger partial charge in [0.15, 0.2) is 5.78 Å². The normalized spacial score (nSPS) is 45.4. The Morgan fingerprint density at radius 3 is 2.59 bits per heavy atom. The van der Waals surface area contributed by atoms with Crippen molar-refractivity contribution in [2.45, 2.75) is 72.1 Å². The van der Waals surface area contributed by atoms with E-state index in [1.165, 1.54) is 12.8 Å². The van der Waals surface area contributed by atoms with Gasteiger partial charge < -0.3 is 10.2 Å². The van der Waals surface area contributed by atoms with Crippen molar-refractivity contribution in [3.63, 3.8) is 0 Å². The summed E-state index contributed by atoms with van der Waals surface area (Å²) in [5, 5.41) is 19.7. The number of hydrogen-bond donors (Lipinski definition) is 2. The number of carboxylic acids is 1. The predicted octanol–water partition coefficient (Wildman–Crippen LogP) is 5.03. The average Bonchev–Trinajstić information content (AvgIpc) is 3.02. The molecule has 2 N–H and O–H groups in total. The van der Waals surface area contributed by atoms with E-state index in [9.17, 15) is 19.8 Å². The van der Waals surface area contributed by atoms with Crippen molar-refractivity contribution < 1.29 is 19.8 Å². The quantitative estimate of drug-likeness (QED) is 0.666. The third-order valence-corrected chi connectivity index (χ3v) is 10.3. The summed E-state index contributed by atoms with van der Waals surface area (Å²) in [5.41, 5.74) is 1.02. The summed E-state index contributed by atoms with van der Waals surface area (Å²) in [4.78, 5) is 24.2. The Bertz CT molecular complexity index is 745. The molecular weight excluding hydrogens is 388 g/mol. The lowest BCUT2D eigenvalue weighted by Gasteiger charge is -2.60. The molecule has 4 aliphatic carbocycles. The number of ketones is 1. The fraction of sp³-hybridized carbons (Fsp3) is 0.833. The maximum absolute atomic E-state index is 12.5. The van der Waals surface area contributed by atoms with Crippen LogP contribution in [-0.4, -0.2) is 28.6 Å². The number of halogens is 1. The average molecular weight is 423 g/mol. The molecule has 0 aromatic carbocycles. The van der Waals surface area contributed by atoms with E-state index < -0.39 is 5.97 Å². The number of carboxylic acid groups (broad SMARTS) is 1. The van der Waals surface area contributed by atoms with Crippen molar-refractivity contribution in [2.24, 2.45) is 46.3 Å². The molecule has 0 saturated heterocycles. The standard InChI is InChI=1S/C24H35ClO4/c1-13(12-26)16-6-7-17-15-4-5-19-22(25)20(27)10-14(11-21(28)29)24(19,3)18(15)8-9-23(16,17)2/h13-18,26H,4-12H2,1-3H3,(H,28,29)/t13-,14?,15+,16-,17+,18+,23-,24-/m1/s1. The van der Waals surface area contributed by atoms with Crippen LogP contribution in [0.2, 0.25) is 0 Å². The molecule has 0 aromatic heterocycles. The fourth-order valence-electron chi connectivity index (χ4n) is 8.43. The van der Waals surface area contributed by atoms with Crippen LogP contribution in [-0.2, 0) is 9.59 Å². The number of carbonyl (C=O) groups is 2. The number of hydrogen-bond acceptors (Lipinski definition) is 3. The molecule has 0 radical (unpaired) electrons. The molecule has 0 aromatic rings. The Morgan fingerprint density at radius 1 is 1.21 bits per heavy atom. The summed E-state index contributed by atoms with van der Waals surface area (Å²) >= 11 is 6.54. The molecular formula is C24H35ClO4. The Kier molecular flexibility index (Phi) is 5.43. The lowest BCUT2D eigenvalue weighted by atomic mass is 9.44. The van der Waals surface area contributed by atoms with E-state index in [-0.39, 0.29) is 42.0 Å². The molecule has 1 unspecified atom stereocenters. The molecule has 3 saturated carbocycles. The van der Waals surface area contributed by atoms with E-state index in [4.69, 9.17) is 11.6 Å². The van der Waals surface area contributed by atoms with Gasteiger partial charge in [-0.15, -0.1) is 0 Å². The molecule has 0 bridgehead atoms. The van der Waals surface area contributed by atoms with Gasteiger partial charge in [-0.1, -0.05) is 32.4 Å². The summed E-state index contributed by atoms with van der Waals surface area (Å²) in [6.45, 7) is 7.09. The fourth-order valence-corrected chi connectivity index (χ4v) is 8.80. The summed E-state index contributed by atoms with van der Waals surface area (Å²) in [6, 6.07) is 0. The van der Waals surface area contributed by atoms with Gasteiger partial charge in [0, 0.05) is 19.4 Å². The summed E-state index contributed by atoms with van der Waals surface area (Å²) in [7, 11) is 0. The number of carbonyl (C=O) groups excluding carboxylic acids is 1. The maximum Gasteiger partial charge on any atom is 0.303 e. The Balaban J connectivity index is 1.71. The molecule has 8 atom stereocenters. The molecule has 5 heteroatoms. The highest BCUT2D eigenvalue weighted by Gasteiger charge is 2.62. The number of aliphatic carboxylic acids is 1. The largest absolute Gasteiger partial charge is 0.481 e. The smallest absolute Gasteiger partial charge is 0.303 e. The summed E-state index contributed by atoms with van der Waals surface area (Å²) in [6.07, 6.45) is 6.78. The lowest BCUT2D eigenvalue weighted by Crippen LogP contribution is -2.54. The molecule has 3 fully saturated rings. The van der Waals surface area contributed by atoms with Crippen LogP contribution in [0.1, 0.15) is 72.1 Å². The molecule has 29 heavy (non-hydrogen) atoms. The predicted molar refractivity (Wildman–Crippen MR) is 112 cm³/mol. The van der Waals surface area contributed by atoms with E-state index in [0.717, 1.165) is 31.3 Å². The molecule has 162 valence electrons. The zero-order valence-electron chi connectivity index (χ0n) is 17.9. The molecule has 0 spiro atoms. The minimum absolute atomic E-state index is 0.0469. The van der Waals surface area contributed by atoms with Crippen molar-refractivity contribution in [3.8, 4) is 0 Å². The first-order chi connectivity index (χ1) is 13.6. The second-order valence-electron chi connectivity index (χ2n) is 10.8. The zero-order valence-corrected chi connectivity index (χ0v) is 18.7. The van der Waals surface area contributed by atoms with Gasteiger partial charge in [-0.3, -0.25) is 9.59 Å². The van der Waals surface area contributed by atoms with Crippen LogP contribution in [0.4, 0.5) is 0 Å². The monoisotopic (exact) mass is 422 g/mol. The molecule has 4 aliphatic rings. The highest BCUT2D eigenvalue weighted by atomic mass is 35.5. The molecule has 0 amide bonds. The van der Waals surface area contributed by atoms with Gasteiger partial charge in [0.1, 0.15) is 0 Å². The third-order valence-electron chi connectivity index (χ3n) is 9.84. The van der Waals surface area contributed by atoms with Crippen molar-refractivity contribution in [2.75, 3.05) is 6.61 Å². The topological polar surface area (TPSA) is 74.6 Å². The molecule has 4 nitrogen and oxygen atoms in total. The first-order valence-corrected chi connectivity index (χ1v) is 11.8. The SMILES string of the molecule is C[C@H](CO)[C@H]1CC[C@H]2[C@@H]3CCC4=C(Cl)C(=O)CC(CC(=O)O)[C@]4(C)[C@H]3CC[C@]12C. The summed E-state index contributed by atoms with van der Waals surface area (Å²) < 4.78 is 0. The van der Waals surface area contributed by atoms with Crippen LogP contribution in [0.3, 0.4) is 0 Å². The highest BCUT2D eigenvalue weighted by molar-refractivity contribution is 6.43. The zero-order chi connectivity index (χ0) is 21.1. The van der Waals surface area contributed by atoms with Crippen molar-refractivity contribution in [3.05, 3.63) is 10.6 Å². The maximum atomic E-state index is 12.5. The number of fused-ring (bicyclic) bond motifs is 5. The van der Waals surface area contributed by atoms with E-state index in [2.05, 4.69) is 20.8 Å². The second-order valence-corrected chi connectivity index (χ2v) is 11.2. The van der Waals surface area contributed by atoms with E-state index in [0.29, 0.717) is 34.6 Å². The number of allylic oxidation sites excluding steroid dienone is 1. The van der Waals surface area contributed by atoms with Gasteiger partial charge in [0.2, 0.25) is 0 Å². The molecule has 0 aliphatic heterocycles. The molecule has 0 heterocycles.